The number of amides is 1. The van der Waals surface area contributed by atoms with Crippen LogP contribution >= 0.6 is 0 Å². The first-order valence-corrected chi connectivity index (χ1v) is 9.86. The zero-order valence-corrected chi connectivity index (χ0v) is 18.3. The first-order chi connectivity index (χ1) is 15.1. The van der Waals surface area contributed by atoms with Crippen LogP contribution in [0.1, 0.15) is 37.2 Å². The molecule has 0 atom stereocenters. The van der Waals surface area contributed by atoms with Crippen molar-refractivity contribution >= 4 is 11.9 Å². The zero-order valence-electron chi connectivity index (χ0n) is 18.3. The minimum absolute atomic E-state index is 0.0937. The van der Waals surface area contributed by atoms with E-state index in [1.54, 1.807) is 63.2 Å². The fraction of sp³-hybridized carbons (Fsp3) is 0.261. The molecule has 3 rings (SSSR count). The molecule has 166 valence electrons. The molecule has 0 saturated heterocycles. The number of benzene rings is 1. The van der Waals surface area contributed by atoms with Crippen molar-refractivity contribution in [1.29, 1.82) is 0 Å². The average molecular weight is 436 g/mol. The van der Waals surface area contributed by atoms with Crippen molar-refractivity contribution in [3.8, 4) is 23.0 Å². The van der Waals surface area contributed by atoms with Gasteiger partial charge in [0, 0.05) is 24.3 Å². The molecule has 0 radical (unpaired) electrons. The molecule has 0 aliphatic heterocycles. The Balaban J connectivity index is 1.65. The van der Waals surface area contributed by atoms with Gasteiger partial charge in [-0.25, -0.2) is 9.78 Å². The molecular weight excluding hydrogens is 412 g/mol. The highest BCUT2D eigenvalue weighted by molar-refractivity contribution is 5.92. The van der Waals surface area contributed by atoms with Gasteiger partial charge in [-0.2, -0.15) is 4.98 Å². The Bertz CT molecular complexity index is 1130. The second-order valence-corrected chi connectivity index (χ2v) is 7.86. The van der Waals surface area contributed by atoms with E-state index in [9.17, 15) is 9.59 Å². The van der Waals surface area contributed by atoms with Crippen LogP contribution in [-0.2, 0) is 16.0 Å². The summed E-state index contributed by atoms with van der Waals surface area (Å²) in [5.41, 5.74) is 0.574. The lowest BCUT2D eigenvalue weighted by atomic mass is 10.1. The fourth-order valence-corrected chi connectivity index (χ4v) is 2.57. The smallest absolute Gasteiger partial charge is 0.334 e. The maximum atomic E-state index is 12.1. The highest BCUT2D eigenvalue weighted by Crippen LogP contribution is 2.24. The SMILES string of the molecule is C=C(Cc1nc(-c2ccc(Oc3cccc(C(=O)NC)n3)cc2)no1)C(=O)OC(C)(C)C. The Morgan fingerprint density at radius 2 is 1.81 bits per heavy atom. The predicted molar refractivity (Wildman–Crippen MR) is 116 cm³/mol. The molecule has 3 aromatic rings. The van der Waals surface area contributed by atoms with E-state index in [0.29, 0.717) is 23.0 Å². The van der Waals surface area contributed by atoms with Gasteiger partial charge >= 0.3 is 5.97 Å². The zero-order chi connectivity index (χ0) is 23.3. The molecule has 2 aromatic heterocycles. The average Bonchev–Trinajstić information content (AvgIpc) is 3.21. The van der Waals surface area contributed by atoms with E-state index in [1.807, 2.05) is 0 Å². The van der Waals surface area contributed by atoms with Crippen molar-refractivity contribution < 1.29 is 23.6 Å². The third-order valence-electron chi connectivity index (χ3n) is 4.04. The summed E-state index contributed by atoms with van der Waals surface area (Å²) >= 11 is 0. The van der Waals surface area contributed by atoms with Gasteiger partial charge in [-0.15, -0.1) is 0 Å². The molecule has 0 unspecified atom stereocenters. The monoisotopic (exact) mass is 436 g/mol. The minimum atomic E-state index is -0.608. The number of ether oxygens (including phenoxy) is 2. The molecule has 0 aliphatic rings. The van der Waals surface area contributed by atoms with Crippen LogP contribution in [-0.4, -0.2) is 39.6 Å². The Labute approximate surface area is 185 Å². The third kappa shape index (κ3) is 6.00. The van der Waals surface area contributed by atoms with Crippen LogP contribution in [0.3, 0.4) is 0 Å². The van der Waals surface area contributed by atoms with Gasteiger partial charge in [-0.1, -0.05) is 17.8 Å². The van der Waals surface area contributed by atoms with Gasteiger partial charge in [0.1, 0.15) is 17.0 Å². The van der Waals surface area contributed by atoms with Gasteiger partial charge in [0.15, 0.2) is 0 Å². The first-order valence-electron chi connectivity index (χ1n) is 9.86. The molecule has 32 heavy (non-hydrogen) atoms. The van der Waals surface area contributed by atoms with Crippen molar-refractivity contribution in [3.05, 3.63) is 66.2 Å². The number of nitrogens with zero attached hydrogens (tertiary/aromatic N) is 3. The maximum absolute atomic E-state index is 12.1. The van der Waals surface area contributed by atoms with E-state index in [2.05, 4.69) is 27.0 Å². The molecule has 0 saturated carbocycles. The number of carbonyl (C=O) groups is 2. The minimum Gasteiger partial charge on any atom is -0.457 e. The van der Waals surface area contributed by atoms with Crippen LogP contribution in [0.5, 0.6) is 11.6 Å². The van der Waals surface area contributed by atoms with Crippen LogP contribution in [0.15, 0.2) is 59.1 Å². The standard InChI is InChI=1S/C23H24N4O5/c1-14(22(29)31-23(2,3)4)13-19-26-20(27-32-19)15-9-11-16(12-10-15)30-18-8-6-7-17(25-18)21(28)24-5/h6-12H,1,13H2,2-5H3,(H,24,28). The van der Waals surface area contributed by atoms with Crippen LogP contribution < -0.4 is 10.1 Å². The number of nitrogens with one attached hydrogen (secondary N) is 1. The van der Waals surface area contributed by atoms with E-state index >= 15 is 0 Å². The summed E-state index contributed by atoms with van der Waals surface area (Å²) in [5, 5.41) is 6.47. The fourth-order valence-electron chi connectivity index (χ4n) is 2.57. The molecule has 1 amide bonds. The molecule has 9 nitrogen and oxygen atoms in total. The second-order valence-electron chi connectivity index (χ2n) is 7.86. The molecule has 9 heteroatoms. The van der Waals surface area contributed by atoms with Crippen LogP contribution in [0.25, 0.3) is 11.4 Å². The van der Waals surface area contributed by atoms with Gasteiger partial charge < -0.3 is 19.3 Å². The summed E-state index contributed by atoms with van der Waals surface area (Å²) in [6.07, 6.45) is 0.0937. The van der Waals surface area contributed by atoms with Crippen molar-refractivity contribution in [2.75, 3.05) is 7.05 Å². The number of aromatic nitrogens is 3. The maximum Gasteiger partial charge on any atom is 0.334 e. The highest BCUT2D eigenvalue weighted by atomic mass is 16.6. The third-order valence-corrected chi connectivity index (χ3v) is 4.04. The molecule has 0 bridgehead atoms. The first kappa shape index (κ1) is 22.7. The molecule has 0 spiro atoms. The van der Waals surface area contributed by atoms with Crippen LogP contribution in [0.2, 0.25) is 0 Å². The number of esters is 1. The quantitative estimate of drug-likeness (QED) is 0.440. The number of rotatable bonds is 7. The van der Waals surface area contributed by atoms with Gasteiger partial charge in [0.05, 0.1) is 6.42 Å². The van der Waals surface area contributed by atoms with Crippen LogP contribution in [0, 0.1) is 0 Å². The number of hydrogen-bond acceptors (Lipinski definition) is 8. The van der Waals surface area contributed by atoms with Gasteiger partial charge in [-0.3, -0.25) is 4.79 Å². The Morgan fingerprint density at radius 1 is 1.09 bits per heavy atom. The largest absolute Gasteiger partial charge is 0.457 e. The molecular formula is C23H24N4O5. The molecule has 1 aromatic carbocycles. The van der Waals surface area contributed by atoms with E-state index in [1.165, 1.54) is 7.05 Å². The topological polar surface area (TPSA) is 116 Å². The van der Waals surface area contributed by atoms with Crippen molar-refractivity contribution in [2.24, 2.45) is 0 Å². The number of pyridine rings is 1. The molecule has 1 N–H and O–H groups in total. The van der Waals surface area contributed by atoms with E-state index in [0.717, 1.165) is 0 Å². The Morgan fingerprint density at radius 3 is 2.47 bits per heavy atom. The van der Waals surface area contributed by atoms with Crippen molar-refractivity contribution in [3.63, 3.8) is 0 Å². The van der Waals surface area contributed by atoms with Gasteiger partial charge in [-0.05, 0) is 51.1 Å². The highest BCUT2D eigenvalue weighted by Gasteiger charge is 2.20. The summed E-state index contributed by atoms with van der Waals surface area (Å²) in [5.74, 6) is 0.634. The Kier molecular flexibility index (Phi) is 6.67. The lowest BCUT2D eigenvalue weighted by molar-refractivity contribution is -0.150. The number of hydrogen-bond donors (Lipinski definition) is 1. The molecule has 0 fully saturated rings. The normalized spacial score (nSPS) is 11.0. The lowest BCUT2D eigenvalue weighted by Crippen LogP contribution is -2.25. The van der Waals surface area contributed by atoms with Gasteiger partial charge in [0.2, 0.25) is 17.6 Å². The summed E-state index contributed by atoms with van der Waals surface area (Å²) in [6, 6.07) is 11.9. The molecule has 2 heterocycles. The number of carbonyl (C=O) groups excluding carboxylic acids is 2. The lowest BCUT2D eigenvalue weighted by Gasteiger charge is -2.19. The van der Waals surface area contributed by atoms with Crippen molar-refractivity contribution in [1.82, 2.24) is 20.4 Å². The summed E-state index contributed by atoms with van der Waals surface area (Å²) in [7, 11) is 1.53. The molecule has 0 aliphatic carbocycles. The predicted octanol–water partition coefficient (Wildman–Crippen LogP) is 3.72. The summed E-state index contributed by atoms with van der Waals surface area (Å²) < 4.78 is 16.2. The van der Waals surface area contributed by atoms with E-state index in [4.69, 9.17) is 14.0 Å². The van der Waals surface area contributed by atoms with Crippen LogP contribution in [0.4, 0.5) is 0 Å². The van der Waals surface area contributed by atoms with Gasteiger partial charge in [0.25, 0.3) is 5.91 Å². The summed E-state index contributed by atoms with van der Waals surface area (Å²) in [4.78, 5) is 32.2. The Hall–Kier alpha value is -4.01. The van der Waals surface area contributed by atoms with E-state index in [-0.39, 0.29) is 29.5 Å². The summed E-state index contributed by atoms with van der Waals surface area (Å²) in [6.45, 7) is 9.09. The van der Waals surface area contributed by atoms with Crippen molar-refractivity contribution in [2.45, 2.75) is 32.8 Å². The van der Waals surface area contributed by atoms with E-state index < -0.39 is 11.6 Å². The second kappa shape index (κ2) is 9.42.